The van der Waals surface area contributed by atoms with Crippen LogP contribution in [0.2, 0.25) is 0 Å². The first kappa shape index (κ1) is 21.5. The molecule has 1 N–H and O–H groups in total. The van der Waals surface area contributed by atoms with Crippen LogP contribution in [0.3, 0.4) is 0 Å². The number of carbonyl (C=O) groups is 2. The zero-order valence-corrected chi connectivity index (χ0v) is 18.8. The zero-order valence-electron chi connectivity index (χ0n) is 18.8. The second kappa shape index (κ2) is 9.58. The van der Waals surface area contributed by atoms with Crippen LogP contribution >= 0.6 is 0 Å². The number of aromatic nitrogens is 1. The lowest BCUT2D eigenvalue weighted by atomic mass is 9.95. The van der Waals surface area contributed by atoms with E-state index in [0.29, 0.717) is 24.7 Å². The zero-order chi connectivity index (χ0) is 21.8. The average molecular weight is 423 g/mol. The molecule has 0 spiro atoms. The van der Waals surface area contributed by atoms with Crippen molar-refractivity contribution in [3.8, 4) is 0 Å². The second-order valence-corrected chi connectivity index (χ2v) is 8.83. The Balaban J connectivity index is 1.30. The minimum absolute atomic E-state index is 0.0119. The fourth-order valence-electron chi connectivity index (χ4n) is 5.12. The van der Waals surface area contributed by atoms with Crippen LogP contribution in [0.5, 0.6) is 0 Å². The Hall–Kier alpha value is -2.76. The summed E-state index contributed by atoms with van der Waals surface area (Å²) in [7, 11) is 0. The van der Waals surface area contributed by atoms with Crippen LogP contribution in [-0.4, -0.2) is 54.0 Å². The maximum absolute atomic E-state index is 12.8. The molecule has 31 heavy (non-hydrogen) atoms. The normalized spacial score (nSPS) is 17.6. The van der Waals surface area contributed by atoms with Gasteiger partial charge < -0.3 is 19.7 Å². The Labute approximate surface area is 185 Å². The van der Waals surface area contributed by atoms with E-state index in [1.54, 1.807) is 0 Å². The van der Waals surface area contributed by atoms with Crippen LogP contribution in [0, 0.1) is 13.8 Å². The summed E-state index contributed by atoms with van der Waals surface area (Å²) in [4.78, 5) is 29.6. The monoisotopic (exact) mass is 422 g/mol. The van der Waals surface area contributed by atoms with Crippen molar-refractivity contribution < 1.29 is 9.59 Å². The van der Waals surface area contributed by atoms with Crippen LogP contribution < -0.4 is 10.2 Å². The number of hydrogen-bond donors (Lipinski definition) is 1. The molecule has 1 aliphatic carbocycles. The Morgan fingerprint density at radius 3 is 2.32 bits per heavy atom. The molecule has 1 aliphatic heterocycles. The first-order valence-corrected chi connectivity index (χ1v) is 11.6. The second-order valence-electron chi connectivity index (χ2n) is 8.83. The van der Waals surface area contributed by atoms with Gasteiger partial charge in [0, 0.05) is 49.3 Å². The van der Waals surface area contributed by atoms with Crippen molar-refractivity contribution in [2.45, 2.75) is 52.0 Å². The van der Waals surface area contributed by atoms with Crippen LogP contribution in [0.15, 0.2) is 36.4 Å². The molecule has 1 saturated heterocycles. The molecule has 2 heterocycles. The third-order valence-electron chi connectivity index (χ3n) is 6.82. The van der Waals surface area contributed by atoms with Gasteiger partial charge in [0.25, 0.3) is 5.91 Å². The number of benzene rings is 1. The van der Waals surface area contributed by atoms with Gasteiger partial charge in [0.05, 0.1) is 12.1 Å². The molecular formula is C25H34N4O2. The van der Waals surface area contributed by atoms with Gasteiger partial charge >= 0.3 is 0 Å². The van der Waals surface area contributed by atoms with E-state index in [1.807, 2.05) is 36.1 Å². The molecule has 0 unspecified atom stereocenters. The summed E-state index contributed by atoms with van der Waals surface area (Å²) in [5.74, 6) is -0.159. The van der Waals surface area contributed by atoms with Crippen molar-refractivity contribution >= 4 is 17.5 Å². The summed E-state index contributed by atoms with van der Waals surface area (Å²) in [5, 5.41) is 2.87. The molecule has 2 aliphatic rings. The van der Waals surface area contributed by atoms with Gasteiger partial charge in [-0.1, -0.05) is 37.5 Å². The molecule has 2 aromatic rings. The molecule has 2 amide bonds. The molecule has 1 aromatic carbocycles. The van der Waals surface area contributed by atoms with Crippen molar-refractivity contribution in [1.29, 1.82) is 0 Å². The Morgan fingerprint density at radius 1 is 0.968 bits per heavy atom. The number of amides is 2. The molecule has 6 heteroatoms. The molecule has 2 fully saturated rings. The largest absolute Gasteiger partial charge is 0.368 e. The van der Waals surface area contributed by atoms with Gasteiger partial charge in [-0.25, -0.2) is 0 Å². The molecular weight excluding hydrogens is 388 g/mol. The van der Waals surface area contributed by atoms with Gasteiger partial charge in [-0.05, 0) is 44.9 Å². The van der Waals surface area contributed by atoms with E-state index >= 15 is 0 Å². The van der Waals surface area contributed by atoms with E-state index in [-0.39, 0.29) is 18.4 Å². The Bertz CT molecular complexity index is 907. The number of aryl methyl sites for hydroxylation is 1. The summed E-state index contributed by atoms with van der Waals surface area (Å²) >= 11 is 0. The molecule has 0 radical (unpaired) electrons. The standard InChI is InChI=1S/C25H34N4O2/c1-19-17-23(20(2)29(19)22-11-7-4-8-12-22)25(31)26-18-24(30)28-15-13-27(14-16-28)21-9-5-3-6-10-21/h3,5-6,9-10,17,22H,4,7-8,11-16,18H2,1-2H3,(H,26,31). The van der Waals surface area contributed by atoms with Crippen LogP contribution in [0.1, 0.15) is 59.9 Å². The summed E-state index contributed by atoms with van der Waals surface area (Å²) in [6.45, 7) is 7.15. The number of rotatable bonds is 5. The molecule has 6 nitrogen and oxygen atoms in total. The maximum Gasteiger partial charge on any atom is 0.253 e. The van der Waals surface area contributed by atoms with Crippen LogP contribution in [0.25, 0.3) is 0 Å². The topological polar surface area (TPSA) is 57.6 Å². The minimum Gasteiger partial charge on any atom is -0.368 e. The SMILES string of the molecule is Cc1cc(C(=O)NCC(=O)N2CCN(c3ccccc3)CC2)c(C)n1C1CCCCC1. The Kier molecular flexibility index (Phi) is 6.64. The number of hydrogen-bond acceptors (Lipinski definition) is 3. The number of para-hydroxylation sites is 1. The van der Waals surface area contributed by atoms with Gasteiger partial charge in [0.1, 0.15) is 0 Å². The lowest BCUT2D eigenvalue weighted by Gasteiger charge is -2.36. The fourth-order valence-corrected chi connectivity index (χ4v) is 5.12. The first-order chi connectivity index (χ1) is 15.0. The van der Waals surface area contributed by atoms with Crippen LogP contribution in [0.4, 0.5) is 5.69 Å². The molecule has 4 rings (SSSR count). The predicted molar refractivity (Wildman–Crippen MR) is 124 cm³/mol. The Morgan fingerprint density at radius 2 is 1.65 bits per heavy atom. The fraction of sp³-hybridized carbons (Fsp3) is 0.520. The van der Waals surface area contributed by atoms with E-state index in [4.69, 9.17) is 0 Å². The van der Waals surface area contributed by atoms with E-state index < -0.39 is 0 Å². The lowest BCUT2D eigenvalue weighted by molar-refractivity contribution is -0.130. The van der Waals surface area contributed by atoms with Gasteiger partial charge in [-0.15, -0.1) is 0 Å². The number of piperazine rings is 1. The summed E-state index contributed by atoms with van der Waals surface area (Å²) in [6, 6.07) is 12.8. The van der Waals surface area contributed by atoms with Crippen molar-refractivity contribution in [3.63, 3.8) is 0 Å². The van der Waals surface area contributed by atoms with Gasteiger partial charge in [-0.3, -0.25) is 9.59 Å². The van der Waals surface area contributed by atoms with Crippen molar-refractivity contribution in [1.82, 2.24) is 14.8 Å². The molecule has 1 saturated carbocycles. The minimum atomic E-state index is -0.147. The molecule has 0 atom stereocenters. The smallest absolute Gasteiger partial charge is 0.253 e. The number of anilines is 1. The summed E-state index contributed by atoms with van der Waals surface area (Å²) < 4.78 is 2.33. The van der Waals surface area contributed by atoms with Gasteiger partial charge in [-0.2, -0.15) is 0 Å². The van der Waals surface area contributed by atoms with E-state index in [0.717, 1.165) is 24.5 Å². The molecule has 1 aromatic heterocycles. The number of nitrogens with zero attached hydrogens (tertiary/aromatic N) is 3. The third kappa shape index (κ3) is 4.78. The highest BCUT2D eigenvalue weighted by molar-refractivity contribution is 5.97. The predicted octanol–water partition coefficient (Wildman–Crippen LogP) is 3.69. The summed E-state index contributed by atoms with van der Waals surface area (Å²) in [6.07, 6.45) is 6.20. The van der Waals surface area contributed by atoms with E-state index in [9.17, 15) is 9.59 Å². The first-order valence-electron chi connectivity index (χ1n) is 11.6. The highest BCUT2D eigenvalue weighted by atomic mass is 16.2. The quantitative estimate of drug-likeness (QED) is 0.800. The van der Waals surface area contributed by atoms with Gasteiger partial charge in [0.15, 0.2) is 0 Å². The average Bonchev–Trinajstić information content (AvgIpc) is 3.12. The molecule has 0 bridgehead atoms. The number of carbonyl (C=O) groups excluding carboxylic acids is 2. The van der Waals surface area contributed by atoms with Gasteiger partial charge in [0.2, 0.25) is 5.91 Å². The van der Waals surface area contributed by atoms with Crippen molar-refractivity contribution in [2.75, 3.05) is 37.6 Å². The van der Waals surface area contributed by atoms with E-state index in [1.165, 1.54) is 37.8 Å². The maximum atomic E-state index is 12.8. The third-order valence-corrected chi connectivity index (χ3v) is 6.82. The summed E-state index contributed by atoms with van der Waals surface area (Å²) in [5.41, 5.74) is 4.05. The number of nitrogens with one attached hydrogen (secondary N) is 1. The lowest BCUT2D eigenvalue weighted by Crippen LogP contribution is -2.51. The van der Waals surface area contributed by atoms with E-state index in [2.05, 4.69) is 33.8 Å². The van der Waals surface area contributed by atoms with Crippen molar-refractivity contribution in [2.24, 2.45) is 0 Å². The highest BCUT2D eigenvalue weighted by Crippen LogP contribution is 2.32. The highest BCUT2D eigenvalue weighted by Gasteiger charge is 2.24. The molecule has 166 valence electrons. The van der Waals surface area contributed by atoms with Crippen molar-refractivity contribution in [3.05, 3.63) is 53.3 Å². The van der Waals surface area contributed by atoms with Crippen LogP contribution in [-0.2, 0) is 4.79 Å².